The Morgan fingerprint density at radius 3 is 2.65 bits per heavy atom. The molecule has 0 atom stereocenters. The minimum atomic E-state index is -0.613. The van der Waals surface area contributed by atoms with Crippen molar-refractivity contribution in [2.75, 3.05) is 11.9 Å². The van der Waals surface area contributed by atoms with Crippen LogP contribution in [-0.2, 0) is 4.79 Å². The van der Waals surface area contributed by atoms with Crippen LogP contribution in [0.3, 0.4) is 0 Å². The van der Waals surface area contributed by atoms with E-state index in [2.05, 4.69) is 10.6 Å². The standard InChI is InChI=1S/C12H16ClFN2O/c1-12(2,3)15-7-10(17)16-9-6-4-5-8(13)11(9)14/h4-6,15H,7H2,1-3H3,(H,16,17). The van der Waals surface area contributed by atoms with Crippen LogP contribution in [0.15, 0.2) is 18.2 Å². The molecule has 0 spiro atoms. The van der Waals surface area contributed by atoms with E-state index in [1.807, 2.05) is 20.8 Å². The topological polar surface area (TPSA) is 41.1 Å². The Balaban J connectivity index is 2.60. The molecule has 0 aliphatic carbocycles. The average molecular weight is 259 g/mol. The van der Waals surface area contributed by atoms with Crippen LogP contribution in [0, 0.1) is 5.82 Å². The van der Waals surface area contributed by atoms with Gasteiger partial charge < -0.3 is 10.6 Å². The van der Waals surface area contributed by atoms with Crippen molar-refractivity contribution in [3.63, 3.8) is 0 Å². The highest BCUT2D eigenvalue weighted by Gasteiger charge is 2.13. The zero-order chi connectivity index (χ0) is 13.1. The molecule has 2 N–H and O–H groups in total. The summed E-state index contributed by atoms with van der Waals surface area (Å²) in [6.07, 6.45) is 0. The Hall–Kier alpha value is -1.13. The Morgan fingerprint density at radius 2 is 2.06 bits per heavy atom. The summed E-state index contributed by atoms with van der Waals surface area (Å²) >= 11 is 5.61. The smallest absolute Gasteiger partial charge is 0.238 e. The fraction of sp³-hybridized carbons (Fsp3) is 0.417. The zero-order valence-corrected chi connectivity index (χ0v) is 10.9. The first-order valence-corrected chi connectivity index (χ1v) is 5.66. The molecule has 94 valence electrons. The van der Waals surface area contributed by atoms with Crippen LogP contribution >= 0.6 is 11.6 Å². The Kier molecular flexibility index (Phi) is 4.48. The second-order valence-corrected chi connectivity index (χ2v) is 5.16. The van der Waals surface area contributed by atoms with Gasteiger partial charge in [-0.05, 0) is 32.9 Å². The Morgan fingerprint density at radius 1 is 1.41 bits per heavy atom. The number of carbonyl (C=O) groups is 1. The fourth-order valence-electron chi connectivity index (χ4n) is 1.14. The van der Waals surface area contributed by atoms with Crippen molar-refractivity contribution in [1.82, 2.24) is 5.32 Å². The van der Waals surface area contributed by atoms with E-state index in [-0.39, 0.29) is 28.7 Å². The lowest BCUT2D eigenvalue weighted by atomic mass is 10.1. The van der Waals surface area contributed by atoms with Gasteiger partial charge in [0.05, 0.1) is 17.3 Å². The van der Waals surface area contributed by atoms with E-state index in [4.69, 9.17) is 11.6 Å². The largest absolute Gasteiger partial charge is 0.322 e. The minimum Gasteiger partial charge on any atom is -0.322 e. The Labute approximate surface area is 105 Å². The van der Waals surface area contributed by atoms with Crippen LogP contribution in [0.1, 0.15) is 20.8 Å². The van der Waals surface area contributed by atoms with Gasteiger partial charge in [-0.2, -0.15) is 0 Å². The number of benzene rings is 1. The molecule has 0 unspecified atom stereocenters. The summed E-state index contributed by atoms with van der Waals surface area (Å²) in [6.45, 7) is 5.95. The summed E-state index contributed by atoms with van der Waals surface area (Å²) in [5.74, 6) is -0.917. The van der Waals surface area contributed by atoms with Gasteiger partial charge >= 0.3 is 0 Å². The number of halogens is 2. The number of nitrogens with one attached hydrogen (secondary N) is 2. The van der Waals surface area contributed by atoms with Gasteiger partial charge in [0, 0.05) is 5.54 Å². The molecule has 0 fully saturated rings. The normalized spacial score (nSPS) is 11.4. The van der Waals surface area contributed by atoms with Gasteiger partial charge in [-0.1, -0.05) is 17.7 Å². The summed E-state index contributed by atoms with van der Waals surface area (Å²) in [5, 5.41) is 5.46. The van der Waals surface area contributed by atoms with Crippen molar-refractivity contribution in [3.05, 3.63) is 29.0 Å². The molecule has 0 saturated heterocycles. The van der Waals surface area contributed by atoms with Gasteiger partial charge in [0.25, 0.3) is 0 Å². The van der Waals surface area contributed by atoms with Gasteiger partial charge in [0.2, 0.25) is 5.91 Å². The predicted molar refractivity (Wildman–Crippen MR) is 67.8 cm³/mol. The van der Waals surface area contributed by atoms with Crippen molar-refractivity contribution in [1.29, 1.82) is 0 Å². The monoisotopic (exact) mass is 258 g/mol. The van der Waals surface area contributed by atoms with E-state index in [9.17, 15) is 9.18 Å². The molecular formula is C12H16ClFN2O. The molecule has 1 rings (SSSR count). The first-order valence-electron chi connectivity index (χ1n) is 5.28. The predicted octanol–water partition coefficient (Wildman–Crippen LogP) is 2.81. The van der Waals surface area contributed by atoms with Crippen molar-refractivity contribution in [3.8, 4) is 0 Å². The summed E-state index contributed by atoms with van der Waals surface area (Å²) in [5.41, 5.74) is -0.0669. The van der Waals surface area contributed by atoms with Gasteiger partial charge in [-0.15, -0.1) is 0 Å². The van der Waals surface area contributed by atoms with E-state index in [0.29, 0.717) is 0 Å². The second kappa shape index (κ2) is 5.47. The number of amides is 1. The SMILES string of the molecule is CC(C)(C)NCC(=O)Nc1cccc(Cl)c1F. The molecule has 1 aromatic carbocycles. The van der Waals surface area contributed by atoms with Crippen molar-refractivity contribution < 1.29 is 9.18 Å². The third kappa shape index (κ3) is 4.71. The highest BCUT2D eigenvalue weighted by atomic mass is 35.5. The molecule has 0 saturated carbocycles. The molecule has 0 radical (unpaired) electrons. The minimum absolute atomic E-state index is 0.00780. The van der Waals surface area contributed by atoms with Crippen molar-refractivity contribution in [2.24, 2.45) is 0 Å². The molecule has 0 aromatic heterocycles. The summed E-state index contributed by atoms with van der Waals surface area (Å²) in [7, 11) is 0. The van der Waals surface area contributed by atoms with Crippen LogP contribution in [-0.4, -0.2) is 18.0 Å². The van der Waals surface area contributed by atoms with Gasteiger partial charge in [-0.25, -0.2) is 4.39 Å². The zero-order valence-electron chi connectivity index (χ0n) is 10.1. The first kappa shape index (κ1) is 13.9. The molecule has 0 aliphatic heterocycles. The summed E-state index contributed by atoms with van der Waals surface area (Å²) < 4.78 is 13.5. The lowest BCUT2D eigenvalue weighted by Gasteiger charge is -2.20. The third-order valence-corrected chi connectivity index (χ3v) is 2.30. The van der Waals surface area contributed by atoms with E-state index >= 15 is 0 Å². The molecular weight excluding hydrogens is 243 g/mol. The average Bonchev–Trinajstić information content (AvgIpc) is 2.21. The number of hydrogen-bond donors (Lipinski definition) is 2. The molecule has 0 aliphatic rings. The van der Waals surface area contributed by atoms with E-state index < -0.39 is 5.82 Å². The molecule has 0 heterocycles. The highest BCUT2D eigenvalue weighted by Crippen LogP contribution is 2.21. The molecule has 1 aromatic rings. The number of anilines is 1. The molecule has 0 bridgehead atoms. The van der Waals surface area contributed by atoms with Gasteiger partial charge in [0.1, 0.15) is 0 Å². The summed E-state index contributed by atoms with van der Waals surface area (Å²) in [4.78, 5) is 11.5. The van der Waals surface area contributed by atoms with Crippen molar-refractivity contribution >= 4 is 23.2 Å². The van der Waals surface area contributed by atoms with Crippen LogP contribution in [0.4, 0.5) is 10.1 Å². The van der Waals surface area contributed by atoms with Crippen LogP contribution < -0.4 is 10.6 Å². The Bertz CT molecular complexity index is 415. The third-order valence-electron chi connectivity index (χ3n) is 2.00. The van der Waals surface area contributed by atoms with Crippen molar-refractivity contribution in [2.45, 2.75) is 26.3 Å². The number of carbonyl (C=O) groups excluding carboxylic acids is 1. The van der Waals surface area contributed by atoms with Gasteiger partial charge in [-0.3, -0.25) is 4.79 Å². The lowest BCUT2D eigenvalue weighted by Crippen LogP contribution is -2.41. The van der Waals surface area contributed by atoms with E-state index in [0.717, 1.165) is 0 Å². The maximum absolute atomic E-state index is 13.5. The lowest BCUT2D eigenvalue weighted by molar-refractivity contribution is -0.115. The van der Waals surface area contributed by atoms with E-state index in [1.54, 1.807) is 6.07 Å². The van der Waals surface area contributed by atoms with Crippen LogP contribution in [0.25, 0.3) is 0 Å². The number of hydrogen-bond acceptors (Lipinski definition) is 2. The quantitative estimate of drug-likeness (QED) is 0.875. The highest BCUT2D eigenvalue weighted by molar-refractivity contribution is 6.31. The second-order valence-electron chi connectivity index (χ2n) is 4.75. The van der Waals surface area contributed by atoms with E-state index in [1.165, 1.54) is 12.1 Å². The summed E-state index contributed by atoms with van der Waals surface area (Å²) in [6, 6.07) is 4.48. The fourth-order valence-corrected chi connectivity index (χ4v) is 1.31. The van der Waals surface area contributed by atoms with Crippen LogP contribution in [0.5, 0.6) is 0 Å². The number of rotatable bonds is 3. The maximum atomic E-state index is 13.5. The van der Waals surface area contributed by atoms with Gasteiger partial charge in [0.15, 0.2) is 5.82 Å². The molecule has 3 nitrogen and oxygen atoms in total. The molecule has 17 heavy (non-hydrogen) atoms. The maximum Gasteiger partial charge on any atom is 0.238 e. The first-order chi connectivity index (χ1) is 7.79. The molecule has 1 amide bonds. The van der Waals surface area contributed by atoms with Crippen LogP contribution in [0.2, 0.25) is 5.02 Å². The molecule has 5 heteroatoms.